The van der Waals surface area contributed by atoms with Gasteiger partial charge in [0.2, 0.25) is 0 Å². The van der Waals surface area contributed by atoms with E-state index >= 15 is 0 Å². The minimum atomic E-state index is -0.488. The predicted molar refractivity (Wildman–Crippen MR) is 65.8 cm³/mol. The molecule has 1 N–H and O–H groups in total. The van der Waals surface area contributed by atoms with E-state index in [0.29, 0.717) is 18.3 Å². The molecule has 0 bridgehead atoms. The molecule has 0 saturated heterocycles. The highest BCUT2D eigenvalue weighted by Gasteiger charge is 2.42. The van der Waals surface area contributed by atoms with Crippen molar-refractivity contribution in [1.29, 1.82) is 0 Å². The smallest absolute Gasteiger partial charge is 0.173 e. The van der Waals surface area contributed by atoms with Crippen LogP contribution in [0.3, 0.4) is 0 Å². The van der Waals surface area contributed by atoms with Crippen LogP contribution in [-0.4, -0.2) is 29.8 Å². The third kappa shape index (κ3) is 3.71. The highest BCUT2D eigenvalue weighted by molar-refractivity contribution is 6.27. The lowest BCUT2D eigenvalue weighted by atomic mass is 9.64. The second-order valence-electron chi connectivity index (χ2n) is 5.27. The molecule has 0 aliphatic heterocycles. The van der Waals surface area contributed by atoms with Crippen LogP contribution in [0.1, 0.15) is 46.0 Å². The van der Waals surface area contributed by atoms with Gasteiger partial charge in [0.1, 0.15) is 0 Å². The zero-order chi connectivity index (χ0) is 12.2. The lowest BCUT2D eigenvalue weighted by Gasteiger charge is -2.45. The standard InChI is InChI=1S/C13H23NO2/c1-4-5-10(6-12(15)9-14-3)11-7-13(2,16)8-11/h9-11,16H,4-8H2,1-3H3. The van der Waals surface area contributed by atoms with Gasteiger partial charge in [0.05, 0.1) is 11.8 Å². The number of ketones is 1. The number of carbonyl (C=O) groups excluding carboxylic acids is 1. The molecule has 16 heavy (non-hydrogen) atoms. The first-order valence-electron chi connectivity index (χ1n) is 6.16. The number of hydrogen-bond acceptors (Lipinski definition) is 3. The quantitative estimate of drug-likeness (QED) is 0.705. The molecule has 3 nitrogen and oxygen atoms in total. The third-order valence-corrected chi connectivity index (χ3v) is 3.47. The molecule has 0 aromatic rings. The minimum Gasteiger partial charge on any atom is -0.390 e. The summed E-state index contributed by atoms with van der Waals surface area (Å²) in [6.07, 6.45) is 5.86. The van der Waals surface area contributed by atoms with Crippen molar-refractivity contribution in [2.24, 2.45) is 16.8 Å². The van der Waals surface area contributed by atoms with Gasteiger partial charge in [0.15, 0.2) is 5.78 Å². The van der Waals surface area contributed by atoms with Crippen LogP contribution in [0.25, 0.3) is 0 Å². The predicted octanol–water partition coefficient (Wildman–Crippen LogP) is 2.22. The molecule has 0 radical (unpaired) electrons. The van der Waals surface area contributed by atoms with E-state index in [1.54, 1.807) is 7.05 Å². The van der Waals surface area contributed by atoms with E-state index < -0.39 is 5.60 Å². The summed E-state index contributed by atoms with van der Waals surface area (Å²) in [7, 11) is 1.63. The molecule has 0 aromatic heterocycles. The Morgan fingerprint density at radius 2 is 2.25 bits per heavy atom. The number of aliphatic hydroxyl groups is 1. The topological polar surface area (TPSA) is 49.7 Å². The van der Waals surface area contributed by atoms with Crippen LogP contribution in [0.2, 0.25) is 0 Å². The Hall–Kier alpha value is -0.700. The van der Waals surface area contributed by atoms with Gasteiger partial charge in [-0.1, -0.05) is 19.8 Å². The van der Waals surface area contributed by atoms with Gasteiger partial charge < -0.3 is 5.11 Å². The molecule has 1 atom stereocenters. The van der Waals surface area contributed by atoms with E-state index in [9.17, 15) is 9.90 Å². The van der Waals surface area contributed by atoms with Gasteiger partial charge in [-0.3, -0.25) is 9.79 Å². The van der Waals surface area contributed by atoms with Gasteiger partial charge in [-0.15, -0.1) is 0 Å². The number of carbonyl (C=O) groups is 1. The Morgan fingerprint density at radius 1 is 1.62 bits per heavy atom. The molecule has 1 rings (SSSR count). The Balaban J connectivity index is 2.46. The normalized spacial score (nSPS) is 31.4. The fourth-order valence-corrected chi connectivity index (χ4v) is 2.73. The molecule has 1 aliphatic rings. The molecule has 1 unspecified atom stereocenters. The van der Waals surface area contributed by atoms with Crippen molar-refractivity contribution in [3.63, 3.8) is 0 Å². The van der Waals surface area contributed by atoms with Crippen molar-refractivity contribution in [3.8, 4) is 0 Å². The molecule has 92 valence electrons. The van der Waals surface area contributed by atoms with Gasteiger partial charge in [0.25, 0.3) is 0 Å². The first kappa shape index (κ1) is 13.4. The maximum absolute atomic E-state index is 11.5. The van der Waals surface area contributed by atoms with Gasteiger partial charge in [0, 0.05) is 13.5 Å². The van der Waals surface area contributed by atoms with Crippen molar-refractivity contribution in [2.45, 2.75) is 51.6 Å². The average molecular weight is 225 g/mol. The van der Waals surface area contributed by atoms with Crippen molar-refractivity contribution >= 4 is 12.0 Å². The molecule has 1 saturated carbocycles. The molecular weight excluding hydrogens is 202 g/mol. The second kappa shape index (κ2) is 5.58. The number of nitrogens with zero attached hydrogens (tertiary/aromatic N) is 1. The second-order valence-corrected chi connectivity index (χ2v) is 5.27. The SMILES string of the molecule is CCCC(CC(=O)C=NC)C1CC(C)(O)C1. The zero-order valence-corrected chi connectivity index (χ0v) is 10.6. The Morgan fingerprint density at radius 3 is 2.69 bits per heavy atom. The van der Waals surface area contributed by atoms with Gasteiger partial charge in [-0.25, -0.2) is 0 Å². The lowest BCUT2D eigenvalue weighted by Crippen LogP contribution is -2.44. The van der Waals surface area contributed by atoms with Crippen molar-refractivity contribution in [3.05, 3.63) is 0 Å². The van der Waals surface area contributed by atoms with E-state index in [2.05, 4.69) is 11.9 Å². The van der Waals surface area contributed by atoms with Crippen LogP contribution < -0.4 is 0 Å². The van der Waals surface area contributed by atoms with E-state index in [1.807, 2.05) is 6.92 Å². The summed E-state index contributed by atoms with van der Waals surface area (Å²) in [5.41, 5.74) is -0.488. The van der Waals surface area contributed by atoms with Crippen molar-refractivity contribution < 1.29 is 9.90 Å². The van der Waals surface area contributed by atoms with Crippen LogP contribution in [-0.2, 0) is 4.79 Å². The van der Waals surface area contributed by atoms with E-state index in [0.717, 1.165) is 25.7 Å². The third-order valence-electron chi connectivity index (χ3n) is 3.47. The van der Waals surface area contributed by atoms with Crippen LogP contribution in [0.4, 0.5) is 0 Å². The molecular formula is C13H23NO2. The Labute approximate surface area is 98.0 Å². The maximum Gasteiger partial charge on any atom is 0.173 e. The van der Waals surface area contributed by atoms with Crippen molar-refractivity contribution in [2.75, 3.05) is 7.05 Å². The molecule has 0 amide bonds. The van der Waals surface area contributed by atoms with Gasteiger partial charge >= 0.3 is 0 Å². The summed E-state index contributed by atoms with van der Waals surface area (Å²) < 4.78 is 0. The minimum absolute atomic E-state index is 0.118. The highest BCUT2D eigenvalue weighted by Crippen LogP contribution is 2.44. The summed E-state index contributed by atoms with van der Waals surface area (Å²) in [5.74, 6) is 1.06. The molecule has 0 aromatic carbocycles. The summed E-state index contributed by atoms with van der Waals surface area (Å²) in [6, 6.07) is 0. The van der Waals surface area contributed by atoms with Crippen LogP contribution in [0.15, 0.2) is 4.99 Å². The van der Waals surface area contributed by atoms with E-state index in [1.165, 1.54) is 6.21 Å². The first-order valence-corrected chi connectivity index (χ1v) is 6.16. The molecule has 1 aliphatic carbocycles. The molecule has 0 heterocycles. The molecule has 1 fully saturated rings. The number of aliphatic imine (C=N–C) groups is 1. The average Bonchev–Trinajstić information content (AvgIpc) is 2.13. The fourth-order valence-electron chi connectivity index (χ4n) is 2.73. The monoisotopic (exact) mass is 225 g/mol. The van der Waals surface area contributed by atoms with Gasteiger partial charge in [-0.2, -0.15) is 0 Å². The van der Waals surface area contributed by atoms with Crippen LogP contribution in [0.5, 0.6) is 0 Å². The number of Topliss-reactive ketones (excluding diaryl/α,β-unsaturated/α-hetero) is 1. The van der Waals surface area contributed by atoms with Crippen LogP contribution >= 0.6 is 0 Å². The summed E-state index contributed by atoms with van der Waals surface area (Å²) in [6.45, 7) is 4.02. The van der Waals surface area contributed by atoms with E-state index in [-0.39, 0.29) is 5.78 Å². The highest BCUT2D eigenvalue weighted by atomic mass is 16.3. The van der Waals surface area contributed by atoms with Gasteiger partial charge in [-0.05, 0) is 31.6 Å². The lowest BCUT2D eigenvalue weighted by molar-refractivity contribution is -0.117. The molecule has 3 heteroatoms. The summed E-state index contributed by atoms with van der Waals surface area (Å²) >= 11 is 0. The van der Waals surface area contributed by atoms with E-state index in [4.69, 9.17) is 0 Å². The Kier molecular flexibility index (Phi) is 4.66. The first-order chi connectivity index (χ1) is 7.48. The number of rotatable bonds is 6. The largest absolute Gasteiger partial charge is 0.390 e. The zero-order valence-electron chi connectivity index (χ0n) is 10.6. The molecule has 0 spiro atoms. The Bertz CT molecular complexity index is 263. The fraction of sp³-hybridized carbons (Fsp3) is 0.846. The number of hydrogen-bond donors (Lipinski definition) is 1. The maximum atomic E-state index is 11.5. The van der Waals surface area contributed by atoms with Crippen molar-refractivity contribution in [1.82, 2.24) is 0 Å². The summed E-state index contributed by atoms with van der Waals surface area (Å²) in [5, 5.41) is 9.73. The summed E-state index contributed by atoms with van der Waals surface area (Å²) in [4.78, 5) is 15.3. The van der Waals surface area contributed by atoms with Crippen LogP contribution in [0, 0.1) is 11.8 Å².